The van der Waals surface area contributed by atoms with Crippen LogP contribution in [-0.2, 0) is 16.1 Å². The average molecular weight is 487 g/mol. The van der Waals surface area contributed by atoms with Crippen LogP contribution in [-0.4, -0.2) is 40.6 Å². The zero-order valence-electron chi connectivity index (χ0n) is 20.0. The van der Waals surface area contributed by atoms with Crippen molar-refractivity contribution < 1.29 is 24.2 Å². The van der Waals surface area contributed by atoms with E-state index in [4.69, 9.17) is 9.47 Å². The van der Waals surface area contributed by atoms with E-state index in [0.29, 0.717) is 17.1 Å². The summed E-state index contributed by atoms with van der Waals surface area (Å²) in [5.74, 6) is 0.598. The van der Waals surface area contributed by atoms with Gasteiger partial charge in [-0.3, -0.25) is 9.59 Å². The number of aromatic hydroxyl groups is 1. The van der Waals surface area contributed by atoms with Gasteiger partial charge in [0, 0.05) is 12.6 Å². The van der Waals surface area contributed by atoms with Crippen molar-refractivity contribution in [2.24, 2.45) is 0 Å². The molecule has 0 aromatic heterocycles. The highest BCUT2D eigenvalue weighted by Gasteiger charge is 2.38. The van der Waals surface area contributed by atoms with Crippen molar-refractivity contribution in [2.45, 2.75) is 50.4 Å². The predicted molar refractivity (Wildman–Crippen MR) is 135 cm³/mol. The Bertz CT molecular complexity index is 1190. The Morgan fingerprint density at radius 2 is 1.58 bits per heavy atom. The minimum atomic E-state index is -0.903. The van der Waals surface area contributed by atoms with Crippen LogP contribution in [0.3, 0.4) is 0 Å². The molecule has 7 heteroatoms. The summed E-state index contributed by atoms with van der Waals surface area (Å²) in [6.07, 6.45) is 3.11. The smallest absolute Gasteiger partial charge is 0.268 e. The summed E-state index contributed by atoms with van der Waals surface area (Å²) in [7, 11) is 0. The van der Waals surface area contributed by atoms with E-state index in [9.17, 15) is 14.7 Å². The molecule has 3 aromatic rings. The molecular weight excluding hydrogens is 456 g/mol. The van der Waals surface area contributed by atoms with Crippen molar-refractivity contribution in [3.05, 3.63) is 90.0 Å². The lowest BCUT2D eigenvalue weighted by molar-refractivity contribution is -0.149. The zero-order chi connectivity index (χ0) is 24.9. The molecule has 5 rings (SSSR count). The fourth-order valence-corrected chi connectivity index (χ4v) is 4.88. The summed E-state index contributed by atoms with van der Waals surface area (Å²) in [6.45, 7) is 0.262. The van der Waals surface area contributed by atoms with Crippen molar-refractivity contribution in [3.8, 4) is 17.2 Å². The number of phenolic OH excluding ortho intramolecular Hbond substituents is 1. The summed E-state index contributed by atoms with van der Waals surface area (Å²) in [6, 6.07) is 22.4. The number of ether oxygens (including phenoxy) is 2. The number of nitrogens with one attached hydrogen (secondary N) is 1. The topological polar surface area (TPSA) is 88.1 Å². The van der Waals surface area contributed by atoms with E-state index < -0.39 is 12.1 Å². The maximum Gasteiger partial charge on any atom is 0.268 e. The fraction of sp³-hybridized carbons (Fsp3) is 0.310. The number of carbonyl (C=O) groups excluding carboxylic acids is 2. The molecule has 1 heterocycles. The Balaban J connectivity index is 1.50. The molecule has 0 spiro atoms. The standard InChI is InChI=1S/C29H30N2O5/c32-23-16-14-21(15-17-23)27(28(33)30-22-10-4-5-11-22)31(18-20-8-2-1-3-9-20)29(34)26-19-35-24-12-6-7-13-25(24)36-26/h1-3,6-9,12-17,22,26-27,32H,4-5,10-11,18-19H2,(H,30,33)/t26-,27-/m0/s1. The van der Waals surface area contributed by atoms with Crippen LogP contribution < -0.4 is 14.8 Å². The third-order valence-corrected chi connectivity index (χ3v) is 6.73. The first kappa shape index (κ1) is 23.7. The number of rotatable bonds is 7. The molecule has 1 aliphatic heterocycles. The van der Waals surface area contributed by atoms with Crippen LogP contribution in [0.15, 0.2) is 78.9 Å². The molecule has 2 N–H and O–H groups in total. The molecule has 0 saturated heterocycles. The molecule has 7 nitrogen and oxygen atoms in total. The number of benzene rings is 3. The Morgan fingerprint density at radius 1 is 0.917 bits per heavy atom. The van der Waals surface area contributed by atoms with E-state index in [-0.39, 0.29) is 36.8 Å². The van der Waals surface area contributed by atoms with Gasteiger partial charge < -0.3 is 24.8 Å². The molecular formula is C29H30N2O5. The van der Waals surface area contributed by atoms with Crippen molar-refractivity contribution >= 4 is 11.8 Å². The van der Waals surface area contributed by atoms with E-state index >= 15 is 0 Å². The minimum Gasteiger partial charge on any atom is -0.508 e. The average Bonchev–Trinajstić information content (AvgIpc) is 3.42. The minimum absolute atomic E-state index is 0.0493. The number of fused-ring (bicyclic) bond motifs is 1. The van der Waals surface area contributed by atoms with Crippen LogP contribution in [0, 0.1) is 0 Å². The van der Waals surface area contributed by atoms with Gasteiger partial charge in [-0.05, 0) is 48.2 Å². The Hall–Kier alpha value is -4.00. The Morgan fingerprint density at radius 3 is 2.31 bits per heavy atom. The molecule has 2 atom stereocenters. The highest BCUT2D eigenvalue weighted by molar-refractivity contribution is 5.91. The molecule has 1 fully saturated rings. The maximum atomic E-state index is 14.0. The van der Waals surface area contributed by atoms with Gasteiger partial charge >= 0.3 is 0 Å². The molecule has 0 bridgehead atoms. The molecule has 2 aliphatic rings. The first-order valence-corrected chi connectivity index (χ1v) is 12.4. The van der Waals surface area contributed by atoms with Gasteiger partial charge in [-0.15, -0.1) is 0 Å². The van der Waals surface area contributed by atoms with Crippen LogP contribution >= 0.6 is 0 Å². The van der Waals surface area contributed by atoms with Crippen molar-refractivity contribution in [1.82, 2.24) is 10.2 Å². The lowest BCUT2D eigenvalue weighted by Crippen LogP contribution is -2.51. The Kier molecular flexibility index (Phi) is 7.07. The highest BCUT2D eigenvalue weighted by Crippen LogP contribution is 2.33. The molecule has 0 unspecified atom stereocenters. The lowest BCUT2D eigenvalue weighted by atomic mass is 10.0. The second-order valence-corrected chi connectivity index (χ2v) is 9.30. The summed E-state index contributed by atoms with van der Waals surface area (Å²) < 4.78 is 11.9. The number of hydrogen-bond donors (Lipinski definition) is 2. The van der Waals surface area contributed by atoms with Gasteiger partial charge in [-0.1, -0.05) is 67.4 Å². The van der Waals surface area contributed by atoms with Gasteiger partial charge in [0.2, 0.25) is 12.0 Å². The quantitative estimate of drug-likeness (QED) is 0.518. The number of nitrogens with zero attached hydrogens (tertiary/aromatic N) is 1. The number of amides is 2. The largest absolute Gasteiger partial charge is 0.508 e. The third-order valence-electron chi connectivity index (χ3n) is 6.73. The van der Waals surface area contributed by atoms with Gasteiger partial charge in [-0.25, -0.2) is 0 Å². The van der Waals surface area contributed by atoms with Gasteiger partial charge in [0.1, 0.15) is 18.4 Å². The SMILES string of the molecule is O=C(NC1CCCC1)[C@H](c1ccc(O)cc1)N(Cc1ccccc1)C(=O)[C@@H]1COc2ccccc2O1. The van der Waals surface area contributed by atoms with E-state index in [1.807, 2.05) is 42.5 Å². The number of phenols is 1. The third kappa shape index (κ3) is 5.30. The van der Waals surface area contributed by atoms with Crippen LogP contribution in [0.5, 0.6) is 17.2 Å². The van der Waals surface area contributed by atoms with E-state index in [0.717, 1.165) is 31.2 Å². The second-order valence-electron chi connectivity index (χ2n) is 9.30. The summed E-state index contributed by atoms with van der Waals surface area (Å²) in [5.41, 5.74) is 1.50. The number of para-hydroxylation sites is 2. The van der Waals surface area contributed by atoms with Crippen LogP contribution in [0.25, 0.3) is 0 Å². The van der Waals surface area contributed by atoms with E-state index in [1.54, 1.807) is 29.2 Å². The molecule has 1 saturated carbocycles. The summed E-state index contributed by atoms with van der Waals surface area (Å²) in [5, 5.41) is 13.0. The van der Waals surface area contributed by atoms with Gasteiger partial charge in [0.05, 0.1) is 0 Å². The number of carbonyl (C=O) groups is 2. The molecule has 3 aromatic carbocycles. The molecule has 36 heavy (non-hydrogen) atoms. The predicted octanol–water partition coefficient (Wildman–Crippen LogP) is 4.36. The van der Waals surface area contributed by atoms with Crippen molar-refractivity contribution in [3.63, 3.8) is 0 Å². The Labute approximate surface area is 210 Å². The highest BCUT2D eigenvalue weighted by atomic mass is 16.6. The van der Waals surface area contributed by atoms with Crippen molar-refractivity contribution in [2.75, 3.05) is 6.61 Å². The van der Waals surface area contributed by atoms with Gasteiger partial charge in [-0.2, -0.15) is 0 Å². The van der Waals surface area contributed by atoms with Crippen molar-refractivity contribution in [1.29, 1.82) is 0 Å². The second kappa shape index (κ2) is 10.7. The zero-order valence-corrected chi connectivity index (χ0v) is 20.0. The van der Waals surface area contributed by atoms with E-state index in [1.165, 1.54) is 12.1 Å². The van der Waals surface area contributed by atoms with Crippen LogP contribution in [0.4, 0.5) is 0 Å². The first-order valence-electron chi connectivity index (χ1n) is 12.4. The monoisotopic (exact) mass is 486 g/mol. The lowest BCUT2D eigenvalue weighted by Gasteiger charge is -2.36. The van der Waals surface area contributed by atoms with Gasteiger partial charge in [0.15, 0.2) is 11.5 Å². The maximum absolute atomic E-state index is 14.0. The first-order chi connectivity index (χ1) is 17.6. The van der Waals surface area contributed by atoms with Crippen LogP contribution in [0.2, 0.25) is 0 Å². The van der Waals surface area contributed by atoms with Gasteiger partial charge in [0.25, 0.3) is 5.91 Å². The van der Waals surface area contributed by atoms with Crippen LogP contribution in [0.1, 0.15) is 42.9 Å². The fourth-order valence-electron chi connectivity index (χ4n) is 4.88. The molecule has 2 amide bonds. The molecule has 0 radical (unpaired) electrons. The molecule has 186 valence electrons. The van der Waals surface area contributed by atoms with E-state index in [2.05, 4.69) is 5.32 Å². The summed E-state index contributed by atoms with van der Waals surface area (Å²) >= 11 is 0. The normalized spacial score (nSPS) is 17.8. The summed E-state index contributed by atoms with van der Waals surface area (Å²) in [4.78, 5) is 29.4. The number of hydrogen-bond acceptors (Lipinski definition) is 5. The molecule has 1 aliphatic carbocycles.